The van der Waals surface area contributed by atoms with Gasteiger partial charge < -0.3 is 21.1 Å². The van der Waals surface area contributed by atoms with Gasteiger partial charge in [-0.2, -0.15) is 0 Å². The van der Waals surface area contributed by atoms with Crippen LogP contribution in [0, 0.1) is 11.8 Å². The van der Waals surface area contributed by atoms with Crippen LogP contribution in [0.3, 0.4) is 0 Å². The summed E-state index contributed by atoms with van der Waals surface area (Å²) in [6.45, 7) is 3.44. The van der Waals surface area contributed by atoms with Crippen molar-refractivity contribution in [2.75, 3.05) is 18.4 Å². The van der Waals surface area contributed by atoms with Crippen molar-refractivity contribution in [1.29, 1.82) is 0 Å². The molecule has 0 bridgehead atoms. The van der Waals surface area contributed by atoms with Crippen LogP contribution in [0.1, 0.15) is 55.2 Å². The quantitative estimate of drug-likeness (QED) is 0.340. The van der Waals surface area contributed by atoms with Crippen molar-refractivity contribution in [2.45, 2.75) is 51.6 Å². The fourth-order valence-electron chi connectivity index (χ4n) is 4.86. The second-order valence-corrected chi connectivity index (χ2v) is 10.0. The second kappa shape index (κ2) is 13.7. The molecule has 1 aliphatic carbocycles. The lowest BCUT2D eigenvalue weighted by Crippen LogP contribution is -2.39. The third-order valence-electron chi connectivity index (χ3n) is 7.41. The van der Waals surface area contributed by atoms with Crippen molar-refractivity contribution in [2.24, 2.45) is 17.6 Å². The van der Waals surface area contributed by atoms with Crippen LogP contribution in [-0.4, -0.2) is 29.9 Å². The van der Waals surface area contributed by atoms with E-state index in [1.165, 1.54) is 5.56 Å². The zero-order valence-corrected chi connectivity index (χ0v) is 22.1. The van der Waals surface area contributed by atoms with Crippen molar-refractivity contribution in [1.82, 2.24) is 10.3 Å². The minimum Gasteiger partial charge on any atom is -0.489 e. The molecule has 4 N–H and O–H groups in total. The summed E-state index contributed by atoms with van der Waals surface area (Å²) in [6.07, 6.45) is 8.06. The van der Waals surface area contributed by atoms with E-state index in [2.05, 4.69) is 22.5 Å². The molecule has 0 aliphatic heterocycles. The number of nitrogens with two attached hydrogens (primary N) is 1. The molecule has 38 heavy (non-hydrogen) atoms. The Hall–Kier alpha value is -3.71. The molecule has 1 saturated carbocycles. The third-order valence-corrected chi connectivity index (χ3v) is 7.41. The molecular weight excluding hydrogens is 476 g/mol. The van der Waals surface area contributed by atoms with Gasteiger partial charge in [-0.25, -0.2) is 0 Å². The first-order valence-electron chi connectivity index (χ1n) is 13.5. The highest BCUT2D eigenvalue weighted by molar-refractivity contribution is 5.96. The first kappa shape index (κ1) is 27.3. The lowest BCUT2D eigenvalue weighted by Gasteiger charge is -2.27. The Labute approximate surface area is 225 Å². The lowest BCUT2D eigenvalue weighted by molar-refractivity contribution is -0.126. The maximum atomic E-state index is 13.4. The Bertz CT molecular complexity index is 1160. The summed E-state index contributed by atoms with van der Waals surface area (Å²) in [5, 5.41) is 6.09. The number of aromatic nitrogens is 1. The molecule has 1 fully saturated rings. The van der Waals surface area contributed by atoms with E-state index in [1.54, 1.807) is 12.4 Å². The third kappa shape index (κ3) is 7.65. The molecule has 1 aliphatic rings. The van der Waals surface area contributed by atoms with Crippen LogP contribution in [-0.2, 0) is 22.6 Å². The summed E-state index contributed by atoms with van der Waals surface area (Å²) in [5.74, 6) is 0.512. The van der Waals surface area contributed by atoms with Crippen molar-refractivity contribution in [3.8, 4) is 5.75 Å². The molecule has 7 heteroatoms. The lowest BCUT2D eigenvalue weighted by atomic mass is 9.81. The largest absolute Gasteiger partial charge is 0.489 e. The Morgan fingerprint density at radius 3 is 2.26 bits per heavy atom. The highest BCUT2D eigenvalue weighted by Gasteiger charge is 2.28. The van der Waals surface area contributed by atoms with Crippen LogP contribution in [0.4, 0.5) is 5.69 Å². The van der Waals surface area contributed by atoms with Gasteiger partial charge in [-0.1, -0.05) is 31.2 Å². The molecule has 1 aromatic heterocycles. The van der Waals surface area contributed by atoms with E-state index < -0.39 is 5.92 Å². The highest BCUT2D eigenvalue weighted by atomic mass is 16.5. The molecule has 1 atom stereocenters. The van der Waals surface area contributed by atoms with E-state index in [1.807, 2.05) is 60.7 Å². The number of amides is 2. The number of ether oxygens (including phenoxy) is 1. The van der Waals surface area contributed by atoms with Crippen LogP contribution in [0.25, 0.3) is 0 Å². The van der Waals surface area contributed by atoms with Gasteiger partial charge in [0.1, 0.15) is 12.4 Å². The highest BCUT2D eigenvalue weighted by Crippen LogP contribution is 2.29. The van der Waals surface area contributed by atoms with Gasteiger partial charge >= 0.3 is 0 Å². The van der Waals surface area contributed by atoms with E-state index in [9.17, 15) is 9.59 Å². The van der Waals surface area contributed by atoms with Crippen molar-refractivity contribution >= 4 is 17.5 Å². The van der Waals surface area contributed by atoms with Crippen LogP contribution in [0.2, 0.25) is 0 Å². The van der Waals surface area contributed by atoms with Gasteiger partial charge in [0.05, 0.1) is 5.92 Å². The molecule has 0 radical (unpaired) electrons. The molecule has 0 spiro atoms. The monoisotopic (exact) mass is 514 g/mol. The maximum Gasteiger partial charge on any atom is 0.233 e. The number of aryl methyl sites for hydroxylation is 1. The minimum atomic E-state index is -0.542. The number of nitrogens with zero attached hydrogens (tertiary/aromatic N) is 1. The molecule has 200 valence electrons. The van der Waals surface area contributed by atoms with Crippen molar-refractivity contribution in [3.63, 3.8) is 0 Å². The number of anilines is 1. The fraction of sp³-hybridized carbons (Fsp3) is 0.387. The van der Waals surface area contributed by atoms with Gasteiger partial charge in [0.15, 0.2) is 0 Å². The predicted octanol–water partition coefficient (Wildman–Crippen LogP) is 4.83. The smallest absolute Gasteiger partial charge is 0.233 e. The topological polar surface area (TPSA) is 106 Å². The number of carbonyl (C=O) groups is 2. The maximum absolute atomic E-state index is 13.4. The molecule has 1 unspecified atom stereocenters. The number of hydrogen-bond acceptors (Lipinski definition) is 5. The molecule has 7 nitrogen and oxygen atoms in total. The average Bonchev–Trinajstić information content (AvgIpc) is 2.97. The summed E-state index contributed by atoms with van der Waals surface area (Å²) < 4.78 is 5.89. The van der Waals surface area contributed by atoms with Gasteiger partial charge in [-0.05, 0) is 97.7 Å². The summed E-state index contributed by atoms with van der Waals surface area (Å²) >= 11 is 0. The van der Waals surface area contributed by atoms with Gasteiger partial charge in [0, 0.05) is 30.5 Å². The standard InChI is InChI=1S/C31H38N4O3/c1-2-22-5-11-27(12-6-22)35-31(37)29(20-34-30(36)26-7-3-23(19-32)4-8-26)25-9-13-28(14-10-25)38-21-24-15-17-33-18-16-24/h5-6,9-18,23,26,29H,2-4,7-8,19-21,32H2,1H3,(H,34,36)(H,35,37). The number of carbonyl (C=O) groups excluding carboxylic acids is 2. The Morgan fingerprint density at radius 2 is 1.63 bits per heavy atom. The van der Waals surface area contributed by atoms with Gasteiger partial charge in [0.25, 0.3) is 0 Å². The summed E-state index contributed by atoms with van der Waals surface area (Å²) in [5.41, 5.74) is 9.59. The molecule has 4 rings (SSSR count). The summed E-state index contributed by atoms with van der Waals surface area (Å²) in [6, 6.07) is 19.2. The van der Waals surface area contributed by atoms with E-state index in [-0.39, 0.29) is 24.3 Å². The number of benzene rings is 2. The molecule has 1 heterocycles. The van der Waals surface area contributed by atoms with Gasteiger partial charge in [0.2, 0.25) is 11.8 Å². The normalized spacial score (nSPS) is 17.8. The predicted molar refractivity (Wildman–Crippen MR) is 150 cm³/mol. The first-order valence-corrected chi connectivity index (χ1v) is 13.5. The second-order valence-electron chi connectivity index (χ2n) is 10.0. The van der Waals surface area contributed by atoms with Crippen LogP contribution in [0.5, 0.6) is 5.75 Å². The molecular formula is C31H38N4O3. The summed E-state index contributed by atoms with van der Waals surface area (Å²) in [7, 11) is 0. The van der Waals surface area contributed by atoms with E-state index in [4.69, 9.17) is 10.5 Å². The van der Waals surface area contributed by atoms with Crippen LogP contribution in [0.15, 0.2) is 73.1 Å². The first-order chi connectivity index (χ1) is 18.6. The van der Waals surface area contributed by atoms with E-state index in [0.717, 1.165) is 48.9 Å². The van der Waals surface area contributed by atoms with Crippen molar-refractivity contribution in [3.05, 3.63) is 89.7 Å². The zero-order valence-electron chi connectivity index (χ0n) is 22.1. The molecule has 2 amide bonds. The Morgan fingerprint density at radius 1 is 0.947 bits per heavy atom. The summed E-state index contributed by atoms with van der Waals surface area (Å²) in [4.78, 5) is 30.4. The zero-order chi connectivity index (χ0) is 26.7. The SMILES string of the molecule is CCc1ccc(NC(=O)C(CNC(=O)C2CCC(CN)CC2)c2ccc(OCc3ccncc3)cc2)cc1. The van der Waals surface area contributed by atoms with E-state index >= 15 is 0 Å². The fourth-order valence-corrected chi connectivity index (χ4v) is 4.86. The van der Waals surface area contributed by atoms with E-state index in [0.29, 0.717) is 24.8 Å². The van der Waals surface area contributed by atoms with Crippen molar-refractivity contribution < 1.29 is 14.3 Å². The average molecular weight is 515 g/mol. The molecule has 0 saturated heterocycles. The number of hydrogen-bond donors (Lipinski definition) is 3. The number of pyridine rings is 1. The Kier molecular flexibility index (Phi) is 9.87. The molecule has 2 aromatic carbocycles. The van der Waals surface area contributed by atoms with Crippen LogP contribution >= 0.6 is 0 Å². The van der Waals surface area contributed by atoms with Gasteiger partial charge in [-0.15, -0.1) is 0 Å². The Balaban J connectivity index is 1.43. The number of rotatable bonds is 11. The van der Waals surface area contributed by atoms with Crippen LogP contribution < -0.4 is 21.1 Å². The molecule has 3 aromatic rings. The minimum absolute atomic E-state index is 0.0166. The van der Waals surface area contributed by atoms with Gasteiger partial charge in [-0.3, -0.25) is 14.6 Å². The number of nitrogens with one attached hydrogen (secondary N) is 2.